The van der Waals surface area contributed by atoms with Gasteiger partial charge in [-0.1, -0.05) is 30.3 Å². The number of hydrogen-bond acceptors (Lipinski definition) is 1. The second-order valence-electron chi connectivity index (χ2n) is 2.47. The van der Waals surface area contributed by atoms with Crippen LogP contribution in [0.3, 0.4) is 0 Å². The Morgan fingerprint density at radius 2 is 1.83 bits per heavy atom. The van der Waals surface area contributed by atoms with Crippen LogP contribution in [0.2, 0.25) is 0 Å². The van der Waals surface area contributed by atoms with Gasteiger partial charge in [-0.05, 0) is 12.5 Å². The zero-order valence-corrected chi connectivity index (χ0v) is 7.54. The molecule has 0 aliphatic carbocycles. The molecule has 66 valence electrons. The minimum Gasteiger partial charge on any atom is -0.481 e. The summed E-state index contributed by atoms with van der Waals surface area (Å²) >= 11 is 0. The van der Waals surface area contributed by atoms with E-state index in [2.05, 4.69) is 0 Å². The highest BCUT2D eigenvalue weighted by Crippen LogP contribution is 2.13. The first-order valence-corrected chi connectivity index (χ1v) is 3.49. The normalized spacial score (nSPS) is 11.4. The largest absolute Gasteiger partial charge is 0.481 e. The Morgan fingerprint density at radius 1 is 1.33 bits per heavy atom. The molecule has 1 aromatic rings. The lowest BCUT2D eigenvalue weighted by Crippen LogP contribution is -2.06. The molecule has 0 radical (unpaired) electrons. The molecule has 1 N–H and O–H groups in total. The van der Waals surface area contributed by atoms with Gasteiger partial charge in [0.05, 0.1) is 5.92 Å². The molecule has 1 atom stereocenters. The number of benzene rings is 1. The number of hydrogen-bond donors (Lipinski definition) is 1. The molecular formula is C9H11ClO2. The average Bonchev–Trinajstić information content (AvgIpc) is 2.05. The fourth-order valence-corrected chi connectivity index (χ4v) is 0.884. The molecule has 12 heavy (non-hydrogen) atoms. The van der Waals surface area contributed by atoms with Crippen LogP contribution < -0.4 is 0 Å². The third-order valence-corrected chi connectivity index (χ3v) is 1.67. The van der Waals surface area contributed by atoms with E-state index >= 15 is 0 Å². The van der Waals surface area contributed by atoms with Crippen LogP contribution in [0, 0.1) is 0 Å². The maximum atomic E-state index is 10.5. The number of carboxylic acids is 1. The highest BCUT2D eigenvalue weighted by atomic mass is 35.5. The summed E-state index contributed by atoms with van der Waals surface area (Å²) in [4.78, 5) is 10.5. The Bertz CT molecular complexity index is 246. The zero-order chi connectivity index (χ0) is 8.27. The molecule has 1 aromatic carbocycles. The van der Waals surface area contributed by atoms with E-state index in [9.17, 15) is 4.79 Å². The van der Waals surface area contributed by atoms with Gasteiger partial charge in [-0.25, -0.2) is 0 Å². The van der Waals surface area contributed by atoms with Crippen molar-refractivity contribution in [3.8, 4) is 0 Å². The summed E-state index contributed by atoms with van der Waals surface area (Å²) < 4.78 is 0. The quantitative estimate of drug-likeness (QED) is 0.770. The van der Waals surface area contributed by atoms with Crippen molar-refractivity contribution in [2.75, 3.05) is 0 Å². The van der Waals surface area contributed by atoms with Gasteiger partial charge in [0.2, 0.25) is 0 Å². The molecule has 2 nitrogen and oxygen atoms in total. The van der Waals surface area contributed by atoms with Crippen molar-refractivity contribution in [3.05, 3.63) is 35.9 Å². The Balaban J connectivity index is 0.00000121. The van der Waals surface area contributed by atoms with Crippen LogP contribution in [0.5, 0.6) is 0 Å². The topological polar surface area (TPSA) is 37.3 Å². The van der Waals surface area contributed by atoms with E-state index in [4.69, 9.17) is 5.11 Å². The Labute approximate surface area is 77.6 Å². The smallest absolute Gasteiger partial charge is 0.310 e. The van der Waals surface area contributed by atoms with Gasteiger partial charge in [-0.2, -0.15) is 0 Å². The predicted molar refractivity (Wildman–Crippen MR) is 49.7 cm³/mol. The minimum absolute atomic E-state index is 0. The van der Waals surface area contributed by atoms with Crippen molar-refractivity contribution in [2.24, 2.45) is 0 Å². The summed E-state index contributed by atoms with van der Waals surface area (Å²) in [5.41, 5.74) is 0.847. The van der Waals surface area contributed by atoms with Crippen LogP contribution in [0.15, 0.2) is 30.3 Å². The SMILES string of the molecule is CC(C(=O)O)c1ccccc1.Cl. The maximum absolute atomic E-state index is 10.5. The molecule has 0 amide bonds. The molecule has 0 aliphatic rings. The van der Waals surface area contributed by atoms with Crippen molar-refractivity contribution < 1.29 is 9.90 Å². The first-order chi connectivity index (χ1) is 5.22. The lowest BCUT2D eigenvalue weighted by molar-refractivity contribution is -0.138. The van der Waals surface area contributed by atoms with E-state index in [0.717, 1.165) is 5.56 Å². The van der Waals surface area contributed by atoms with E-state index in [1.165, 1.54) is 0 Å². The summed E-state index contributed by atoms with van der Waals surface area (Å²) in [5, 5.41) is 8.64. The molecule has 0 spiro atoms. The van der Waals surface area contributed by atoms with Gasteiger partial charge >= 0.3 is 5.97 Å². The Kier molecular flexibility index (Phi) is 4.37. The standard InChI is InChI=1S/C9H10O2.ClH/c1-7(9(10)11)8-5-3-2-4-6-8;/h2-7H,1H3,(H,10,11);1H. The minimum atomic E-state index is -0.781. The maximum Gasteiger partial charge on any atom is 0.310 e. The van der Waals surface area contributed by atoms with Crippen LogP contribution in [0.1, 0.15) is 18.4 Å². The lowest BCUT2D eigenvalue weighted by atomic mass is 10.0. The molecule has 0 fully saturated rings. The van der Waals surface area contributed by atoms with Crippen molar-refractivity contribution in [1.29, 1.82) is 0 Å². The third-order valence-electron chi connectivity index (χ3n) is 1.67. The lowest BCUT2D eigenvalue weighted by Gasteiger charge is -2.04. The highest BCUT2D eigenvalue weighted by molar-refractivity contribution is 5.85. The zero-order valence-electron chi connectivity index (χ0n) is 6.73. The fourth-order valence-electron chi connectivity index (χ4n) is 0.884. The summed E-state index contributed by atoms with van der Waals surface area (Å²) in [6, 6.07) is 9.19. The van der Waals surface area contributed by atoms with Crippen molar-refractivity contribution in [3.63, 3.8) is 0 Å². The van der Waals surface area contributed by atoms with Gasteiger partial charge in [0.25, 0.3) is 0 Å². The van der Waals surface area contributed by atoms with Gasteiger partial charge in [0.1, 0.15) is 0 Å². The van der Waals surface area contributed by atoms with Gasteiger partial charge in [0, 0.05) is 0 Å². The van der Waals surface area contributed by atoms with Crippen LogP contribution in [0.25, 0.3) is 0 Å². The number of carbonyl (C=O) groups is 1. The Morgan fingerprint density at radius 3 is 2.25 bits per heavy atom. The molecule has 0 heterocycles. The van der Waals surface area contributed by atoms with Crippen LogP contribution >= 0.6 is 12.4 Å². The number of halogens is 1. The first-order valence-electron chi connectivity index (χ1n) is 3.49. The van der Waals surface area contributed by atoms with Gasteiger partial charge in [-0.15, -0.1) is 12.4 Å². The van der Waals surface area contributed by atoms with Gasteiger partial charge in [-0.3, -0.25) is 4.79 Å². The van der Waals surface area contributed by atoms with Crippen molar-refractivity contribution in [2.45, 2.75) is 12.8 Å². The number of carboxylic acid groups (broad SMARTS) is 1. The average molecular weight is 187 g/mol. The van der Waals surface area contributed by atoms with E-state index in [-0.39, 0.29) is 12.4 Å². The van der Waals surface area contributed by atoms with E-state index < -0.39 is 11.9 Å². The van der Waals surface area contributed by atoms with Crippen molar-refractivity contribution >= 4 is 18.4 Å². The van der Waals surface area contributed by atoms with Crippen LogP contribution in [-0.2, 0) is 4.79 Å². The number of aliphatic carboxylic acids is 1. The molecule has 0 aromatic heterocycles. The first kappa shape index (κ1) is 11.0. The summed E-state index contributed by atoms with van der Waals surface area (Å²) in [6.07, 6.45) is 0. The summed E-state index contributed by atoms with van der Waals surface area (Å²) in [5.74, 6) is -1.19. The Hall–Kier alpha value is -1.02. The summed E-state index contributed by atoms with van der Waals surface area (Å²) in [7, 11) is 0. The third kappa shape index (κ3) is 2.55. The fraction of sp³-hybridized carbons (Fsp3) is 0.222. The van der Waals surface area contributed by atoms with Gasteiger partial charge in [0.15, 0.2) is 0 Å². The number of rotatable bonds is 2. The summed E-state index contributed by atoms with van der Waals surface area (Å²) in [6.45, 7) is 1.68. The monoisotopic (exact) mass is 186 g/mol. The van der Waals surface area contributed by atoms with Crippen LogP contribution in [0.4, 0.5) is 0 Å². The van der Waals surface area contributed by atoms with E-state index in [1.54, 1.807) is 6.92 Å². The van der Waals surface area contributed by atoms with Crippen LogP contribution in [-0.4, -0.2) is 11.1 Å². The highest BCUT2D eigenvalue weighted by Gasteiger charge is 2.11. The second-order valence-corrected chi connectivity index (χ2v) is 2.47. The molecule has 1 unspecified atom stereocenters. The molecule has 1 rings (SSSR count). The van der Waals surface area contributed by atoms with E-state index in [0.29, 0.717) is 0 Å². The van der Waals surface area contributed by atoms with E-state index in [1.807, 2.05) is 30.3 Å². The molecule has 0 aliphatic heterocycles. The molecular weight excluding hydrogens is 176 g/mol. The molecule has 0 saturated heterocycles. The molecule has 0 bridgehead atoms. The van der Waals surface area contributed by atoms with Crippen molar-refractivity contribution in [1.82, 2.24) is 0 Å². The molecule has 0 saturated carbocycles. The second kappa shape index (κ2) is 4.78. The van der Waals surface area contributed by atoms with Gasteiger partial charge < -0.3 is 5.11 Å². The predicted octanol–water partition coefficient (Wildman–Crippen LogP) is 2.30. The molecule has 3 heteroatoms.